The summed E-state index contributed by atoms with van der Waals surface area (Å²) < 4.78 is 68.6. The molecule has 1 saturated carbocycles. The Hall–Kier alpha value is -3.70. The van der Waals surface area contributed by atoms with Crippen LogP contribution in [0, 0.1) is 28.7 Å². The van der Waals surface area contributed by atoms with Gasteiger partial charge in [0.15, 0.2) is 17.5 Å². The number of aromatic hydroxyl groups is 1. The second-order valence-corrected chi connectivity index (χ2v) is 14.2. The first-order valence-electron chi connectivity index (χ1n) is 16.5. The fraction of sp³-hybridized carbons (Fsp3) is 0.486. The lowest BCUT2D eigenvalue weighted by Crippen LogP contribution is -2.51. The van der Waals surface area contributed by atoms with Crippen LogP contribution in [-0.4, -0.2) is 70.4 Å². The molecule has 4 aliphatic heterocycles. The van der Waals surface area contributed by atoms with Gasteiger partial charge in [0.05, 0.1) is 12.2 Å². The SMILES string of the molecule is Oc1cc(-c2c(F)cc3c(N4CC5CCC(C4)N5)nc(OCC4(CN5C6CCC5CC6)CC4)nc3c2F)c2c(F)c(F)ccc2c1. The summed E-state index contributed by atoms with van der Waals surface area (Å²) >= 11 is 0. The van der Waals surface area contributed by atoms with E-state index in [2.05, 4.69) is 15.2 Å². The lowest BCUT2D eigenvalue weighted by molar-refractivity contribution is 0.144. The summed E-state index contributed by atoms with van der Waals surface area (Å²) in [7, 11) is 0. The van der Waals surface area contributed by atoms with E-state index in [0.29, 0.717) is 37.6 Å². The molecule has 46 heavy (non-hydrogen) atoms. The van der Waals surface area contributed by atoms with E-state index < -0.39 is 28.8 Å². The highest BCUT2D eigenvalue weighted by molar-refractivity contribution is 6.02. The predicted molar refractivity (Wildman–Crippen MR) is 166 cm³/mol. The van der Waals surface area contributed by atoms with Crippen molar-refractivity contribution in [3.8, 4) is 22.9 Å². The Morgan fingerprint density at radius 1 is 0.870 bits per heavy atom. The third-order valence-electron chi connectivity index (χ3n) is 11.2. The third kappa shape index (κ3) is 4.60. The molecule has 4 saturated heterocycles. The van der Waals surface area contributed by atoms with E-state index in [1.807, 2.05) is 4.90 Å². The molecular weight excluding hydrogens is 598 g/mol. The molecule has 2 atom stereocenters. The van der Waals surface area contributed by atoms with Gasteiger partial charge in [-0.3, -0.25) is 4.90 Å². The molecular formula is C35H35F4N5O2. The zero-order chi connectivity index (χ0) is 31.3. The standard InChI is InChI=1S/C35H35F4N5O2/c36-26-8-1-18-11-23(45)12-24(28(18)30(26)38)29-27(37)13-25-32(31(29)39)41-34(42-33(25)43-14-19-2-3-20(15-43)40-19)46-17-35(9-10-35)16-44-21-4-5-22(44)7-6-21/h1,8,11-13,19-22,40,45H,2-7,9-10,14-17H2. The summed E-state index contributed by atoms with van der Waals surface area (Å²) in [6, 6.07) is 7.42. The summed E-state index contributed by atoms with van der Waals surface area (Å²) in [6.07, 6.45) is 9.14. The van der Waals surface area contributed by atoms with Crippen LogP contribution in [0.1, 0.15) is 51.4 Å². The molecule has 11 heteroatoms. The quantitative estimate of drug-likeness (QED) is 0.227. The summed E-state index contributed by atoms with van der Waals surface area (Å²) in [5.41, 5.74) is -1.06. The summed E-state index contributed by atoms with van der Waals surface area (Å²) in [5.74, 6) is -4.40. The van der Waals surface area contributed by atoms with E-state index in [9.17, 15) is 9.50 Å². The molecule has 0 radical (unpaired) electrons. The lowest BCUT2D eigenvalue weighted by atomic mass is 9.95. The van der Waals surface area contributed by atoms with Crippen LogP contribution in [0.15, 0.2) is 30.3 Å². The van der Waals surface area contributed by atoms with Gasteiger partial charge in [-0.1, -0.05) is 6.07 Å². The van der Waals surface area contributed by atoms with Gasteiger partial charge < -0.3 is 20.1 Å². The molecule has 2 unspecified atom stereocenters. The Kier molecular flexibility index (Phi) is 6.45. The van der Waals surface area contributed by atoms with E-state index in [1.54, 1.807) is 0 Å². The molecule has 0 amide bonds. The van der Waals surface area contributed by atoms with Gasteiger partial charge in [-0.05, 0) is 81.0 Å². The minimum atomic E-state index is -1.25. The minimum absolute atomic E-state index is 0.00634. The summed E-state index contributed by atoms with van der Waals surface area (Å²) in [6.45, 7) is 2.62. The van der Waals surface area contributed by atoms with E-state index in [-0.39, 0.29) is 56.5 Å². The number of nitrogens with zero attached hydrogens (tertiary/aromatic N) is 4. The van der Waals surface area contributed by atoms with Gasteiger partial charge in [0.1, 0.15) is 22.9 Å². The Morgan fingerprint density at radius 3 is 2.28 bits per heavy atom. The Morgan fingerprint density at radius 2 is 1.59 bits per heavy atom. The number of anilines is 1. The molecule has 2 N–H and O–H groups in total. The van der Waals surface area contributed by atoms with Crippen LogP contribution in [0.25, 0.3) is 32.8 Å². The number of ether oxygens (including phenoxy) is 1. The molecule has 3 aromatic carbocycles. The summed E-state index contributed by atoms with van der Waals surface area (Å²) in [4.78, 5) is 14.0. The molecule has 7 nitrogen and oxygen atoms in total. The topological polar surface area (TPSA) is 73.8 Å². The van der Waals surface area contributed by atoms with Crippen molar-refractivity contribution in [2.24, 2.45) is 5.41 Å². The Labute approximate surface area is 263 Å². The second kappa shape index (κ2) is 10.4. The molecule has 4 bridgehead atoms. The highest BCUT2D eigenvalue weighted by atomic mass is 19.2. The van der Waals surface area contributed by atoms with Gasteiger partial charge in [0.2, 0.25) is 0 Å². The smallest absolute Gasteiger partial charge is 0.319 e. The van der Waals surface area contributed by atoms with Crippen LogP contribution in [0.2, 0.25) is 0 Å². The number of fused-ring (bicyclic) bond motifs is 6. The van der Waals surface area contributed by atoms with Crippen LogP contribution >= 0.6 is 0 Å². The van der Waals surface area contributed by atoms with Crippen LogP contribution < -0.4 is 15.0 Å². The van der Waals surface area contributed by atoms with Crippen LogP contribution in [0.5, 0.6) is 11.8 Å². The lowest BCUT2D eigenvalue weighted by Gasteiger charge is -2.34. The van der Waals surface area contributed by atoms with Crippen molar-refractivity contribution >= 4 is 27.5 Å². The van der Waals surface area contributed by atoms with Gasteiger partial charge in [-0.15, -0.1) is 0 Å². The van der Waals surface area contributed by atoms with Crippen molar-refractivity contribution < 1.29 is 27.4 Å². The molecule has 5 fully saturated rings. The fourth-order valence-electron chi connectivity index (χ4n) is 8.67. The largest absolute Gasteiger partial charge is 0.508 e. The Bertz CT molecular complexity index is 1870. The van der Waals surface area contributed by atoms with Crippen molar-refractivity contribution in [2.75, 3.05) is 31.1 Å². The predicted octanol–water partition coefficient (Wildman–Crippen LogP) is 6.44. The maximum Gasteiger partial charge on any atom is 0.319 e. The number of aromatic nitrogens is 2. The van der Waals surface area contributed by atoms with E-state index in [0.717, 1.165) is 50.4 Å². The molecule has 1 aromatic heterocycles. The van der Waals surface area contributed by atoms with Gasteiger partial charge in [0.25, 0.3) is 0 Å². The van der Waals surface area contributed by atoms with E-state index in [1.165, 1.54) is 37.8 Å². The van der Waals surface area contributed by atoms with Crippen molar-refractivity contribution in [2.45, 2.75) is 75.5 Å². The van der Waals surface area contributed by atoms with Gasteiger partial charge >= 0.3 is 6.01 Å². The van der Waals surface area contributed by atoms with E-state index >= 15 is 13.2 Å². The van der Waals surface area contributed by atoms with Crippen LogP contribution in [-0.2, 0) is 0 Å². The molecule has 0 spiro atoms. The van der Waals surface area contributed by atoms with Gasteiger partial charge in [0, 0.05) is 65.6 Å². The third-order valence-corrected chi connectivity index (χ3v) is 11.2. The first-order chi connectivity index (χ1) is 22.2. The maximum absolute atomic E-state index is 16.7. The number of hydrogen-bond donors (Lipinski definition) is 2. The van der Waals surface area contributed by atoms with Crippen LogP contribution in [0.4, 0.5) is 23.4 Å². The number of halogens is 4. The number of nitrogens with one attached hydrogen (secondary N) is 1. The number of piperazine rings is 1. The first-order valence-corrected chi connectivity index (χ1v) is 16.5. The van der Waals surface area contributed by atoms with Crippen molar-refractivity contribution in [3.63, 3.8) is 0 Å². The normalized spacial score (nSPS) is 26.5. The minimum Gasteiger partial charge on any atom is -0.508 e. The first kappa shape index (κ1) is 28.5. The highest BCUT2D eigenvalue weighted by Crippen LogP contribution is 2.50. The number of hydrogen-bond acceptors (Lipinski definition) is 7. The van der Waals surface area contributed by atoms with Gasteiger partial charge in [-0.25, -0.2) is 17.6 Å². The second-order valence-electron chi connectivity index (χ2n) is 14.2. The number of benzene rings is 3. The molecule has 1 aliphatic carbocycles. The Balaban J connectivity index is 1.15. The number of phenolic OH excluding ortho intramolecular Hbond substituents is 1. The van der Waals surface area contributed by atoms with Crippen LogP contribution in [0.3, 0.4) is 0 Å². The van der Waals surface area contributed by atoms with Crippen molar-refractivity contribution in [3.05, 3.63) is 53.6 Å². The molecule has 5 aliphatic rings. The summed E-state index contributed by atoms with van der Waals surface area (Å²) in [5, 5.41) is 13.9. The van der Waals surface area contributed by atoms with Gasteiger partial charge in [-0.2, -0.15) is 9.97 Å². The van der Waals surface area contributed by atoms with Crippen molar-refractivity contribution in [1.29, 1.82) is 0 Å². The zero-order valence-corrected chi connectivity index (χ0v) is 25.3. The molecule has 4 aromatic rings. The molecule has 240 valence electrons. The average molecular weight is 634 g/mol. The molecule has 9 rings (SSSR count). The van der Waals surface area contributed by atoms with Crippen molar-refractivity contribution in [1.82, 2.24) is 20.2 Å². The fourth-order valence-corrected chi connectivity index (χ4v) is 8.67. The number of phenols is 1. The maximum atomic E-state index is 16.7. The monoisotopic (exact) mass is 633 g/mol. The van der Waals surface area contributed by atoms with E-state index in [4.69, 9.17) is 9.72 Å². The average Bonchev–Trinajstić information content (AvgIpc) is 3.40. The number of rotatable bonds is 7. The molecule has 5 heterocycles. The highest BCUT2D eigenvalue weighted by Gasteiger charge is 2.50. The zero-order valence-electron chi connectivity index (χ0n) is 25.3.